The number of aromatic hydroxyl groups is 1. The van der Waals surface area contributed by atoms with Gasteiger partial charge in [-0.1, -0.05) is 0 Å². The Hall–Kier alpha value is -2.73. The summed E-state index contributed by atoms with van der Waals surface area (Å²) in [5.74, 6) is -0.809. The van der Waals surface area contributed by atoms with Gasteiger partial charge in [-0.2, -0.15) is 9.40 Å². The highest BCUT2D eigenvalue weighted by Crippen LogP contribution is 2.30. The van der Waals surface area contributed by atoms with E-state index >= 15 is 0 Å². The fourth-order valence-corrected chi connectivity index (χ4v) is 5.31. The van der Waals surface area contributed by atoms with E-state index in [1.165, 1.54) is 22.5 Å². The van der Waals surface area contributed by atoms with Crippen LogP contribution in [-0.2, 0) is 14.8 Å². The minimum Gasteiger partial charge on any atom is -0.506 e. The van der Waals surface area contributed by atoms with E-state index in [1.54, 1.807) is 17.4 Å². The number of anilines is 1. The van der Waals surface area contributed by atoms with Crippen molar-refractivity contribution in [2.45, 2.75) is 11.8 Å². The van der Waals surface area contributed by atoms with Gasteiger partial charge in [0, 0.05) is 18.0 Å². The van der Waals surface area contributed by atoms with Crippen molar-refractivity contribution in [1.82, 2.24) is 14.5 Å². The van der Waals surface area contributed by atoms with Gasteiger partial charge in [0.2, 0.25) is 10.0 Å². The second kappa shape index (κ2) is 8.19. The van der Waals surface area contributed by atoms with Crippen LogP contribution in [0.15, 0.2) is 41.3 Å². The summed E-state index contributed by atoms with van der Waals surface area (Å²) >= 11 is 1.57. The summed E-state index contributed by atoms with van der Waals surface area (Å²) in [5.41, 5.74) is 0.814. The number of nitrogens with zero attached hydrogens (tertiary/aromatic N) is 2. The summed E-state index contributed by atoms with van der Waals surface area (Å²) in [6.45, 7) is 3.14. The number of carbonyl (C=O) groups is 1. The van der Waals surface area contributed by atoms with Gasteiger partial charge in [-0.05, 0) is 43.3 Å². The van der Waals surface area contributed by atoms with Crippen LogP contribution in [0.5, 0.6) is 5.75 Å². The van der Waals surface area contributed by atoms with Gasteiger partial charge in [-0.3, -0.25) is 9.89 Å². The van der Waals surface area contributed by atoms with E-state index in [0.29, 0.717) is 18.9 Å². The number of benzene rings is 1. The second-order valence-electron chi connectivity index (χ2n) is 6.73. The Morgan fingerprint density at radius 1 is 1.23 bits per heavy atom. The van der Waals surface area contributed by atoms with Crippen molar-refractivity contribution in [3.8, 4) is 16.3 Å². The normalized spacial score (nSPS) is 15.2. The minimum atomic E-state index is -3.76. The van der Waals surface area contributed by atoms with E-state index in [0.717, 1.165) is 9.75 Å². The van der Waals surface area contributed by atoms with Gasteiger partial charge in [-0.15, -0.1) is 11.3 Å². The maximum absolute atomic E-state index is 12.8. The Bertz CT molecular complexity index is 1180. The Morgan fingerprint density at radius 3 is 2.70 bits per heavy atom. The molecular weight excluding hydrogens is 428 g/mol. The lowest BCUT2D eigenvalue weighted by atomic mass is 10.2. The molecule has 3 heterocycles. The first kappa shape index (κ1) is 20.5. The number of nitrogens with one attached hydrogen (secondary N) is 2. The van der Waals surface area contributed by atoms with Gasteiger partial charge in [0.25, 0.3) is 5.91 Å². The second-order valence-corrected chi connectivity index (χ2v) is 9.95. The van der Waals surface area contributed by atoms with Crippen molar-refractivity contribution in [2.75, 3.05) is 31.6 Å². The lowest BCUT2D eigenvalue weighted by Gasteiger charge is -2.26. The monoisotopic (exact) mass is 448 g/mol. The van der Waals surface area contributed by atoms with Crippen molar-refractivity contribution in [1.29, 1.82) is 0 Å². The Morgan fingerprint density at radius 2 is 2.00 bits per heavy atom. The predicted molar refractivity (Wildman–Crippen MR) is 112 cm³/mol. The molecule has 9 nitrogen and oxygen atoms in total. The zero-order valence-corrected chi connectivity index (χ0v) is 17.7. The summed E-state index contributed by atoms with van der Waals surface area (Å²) in [7, 11) is -3.76. The zero-order valence-electron chi connectivity index (χ0n) is 16.1. The number of rotatable bonds is 5. The van der Waals surface area contributed by atoms with Gasteiger partial charge >= 0.3 is 0 Å². The first-order valence-corrected chi connectivity index (χ1v) is 11.4. The molecule has 30 heavy (non-hydrogen) atoms. The Labute approximate surface area is 177 Å². The van der Waals surface area contributed by atoms with Crippen LogP contribution in [0.4, 0.5) is 5.69 Å². The zero-order chi connectivity index (χ0) is 21.3. The molecule has 0 saturated carbocycles. The molecule has 1 aliphatic rings. The van der Waals surface area contributed by atoms with E-state index in [2.05, 4.69) is 15.5 Å². The predicted octanol–water partition coefficient (Wildman–Crippen LogP) is 2.43. The molecule has 0 spiro atoms. The topological polar surface area (TPSA) is 125 Å². The number of aryl methyl sites for hydroxylation is 1. The quantitative estimate of drug-likeness (QED) is 0.515. The summed E-state index contributed by atoms with van der Waals surface area (Å²) in [6, 6.07) is 9.30. The van der Waals surface area contributed by atoms with E-state index in [4.69, 9.17) is 4.74 Å². The van der Waals surface area contributed by atoms with Crippen LogP contribution in [0.1, 0.15) is 15.4 Å². The van der Waals surface area contributed by atoms with Crippen molar-refractivity contribution >= 4 is 33.0 Å². The Balaban J connectivity index is 1.55. The maximum atomic E-state index is 12.8. The maximum Gasteiger partial charge on any atom is 0.276 e. The van der Waals surface area contributed by atoms with E-state index in [9.17, 15) is 18.3 Å². The first-order valence-electron chi connectivity index (χ1n) is 9.19. The molecule has 11 heteroatoms. The molecule has 1 fully saturated rings. The molecule has 0 atom stereocenters. The summed E-state index contributed by atoms with van der Waals surface area (Å²) in [4.78, 5) is 14.7. The molecule has 0 bridgehead atoms. The summed E-state index contributed by atoms with van der Waals surface area (Å²) in [5, 5.41) is 19.5. The van der Waals surface area contributed by atoms with Gasteiger partial charge < -0.3 is 15.2 Å². The standard InChI is InChI=1S/C19H20N4O5S2/c1-12-2-5-18(29-12)15-11-16(22-21-15)19(25)20-14-10-13(3-4-17(14)24)30(26,27)23-6-8-28-9-7-23/h2-5,10-11,24H,6-9H2,1H3,(H,20,25)(H,21,22). The molecule has 1 aliphatic heterocycles. The molecular formula is C19H20N4O5S2. The average molecular weight is 449 g/mol. The number of phenolic OH excluding ortho intramolecular Hbond substituents is 1. The summed E-state index contributed by atoms with van der Waals surface area (Å²) in [6.07, 6.45) is 0. The van der Waals surface area contributed by atoms with Crippen LogP contribution in [0.2, 0.25) is 0 Å². The molecule has 3 aromatic rings. The van der Waals surface area contributed by atoms with Crippen molar-refractivity contribution in [2.24, 2.45) is 0 Å². The van der Waals surface area contributed by atoms with Crippen LogP contribution in [0.3, 0.4) is 0 Å². The molecule has 2 aromatic heterocycles. The number of phenols is 1. The lowest BCUT2D eigenvalue weighted by Crippen LogP contribution is -2.40. The number of morpholine rings is 1. The van der Waals surface area contributed by atoms with Crippen molar-refractivity contribution < 1.29 is 23.1 Å². The van der Waals surface area contributed by atoms with E-state index in [1.807, 2.05) is 19.1 Å². The molecule has 0 unspecified atom stereocenters. The number of aromatic nitrogens is 2. The minimum absolute atomic E-state index is 0.00847. The molecule has 0 aliphatic carbocycles. The van der Waals surface area contributed by atoms with Gasteiger partial charge in [0.05, 0.1) is 34.4 Å². The number of H-pyrrole nitrogens is 1. The van der Waals surface area contributed by atoms with Crippen LogP contribution in [0, 0.1) is 6.92 Å². The van der Waals surface area contributed by atoms with Gasteiger partial charge in [-0.25, -0.2) is 8.42 Å². The van der Waals surface area contributed by atoms with Crippen molar-refractivity contribution in [3.05, 3.63) is 47.0 Å². The number of sulfonamides is 1. The highest BCUT2D eigenvalue weighted by molar-refractivity contribution is 7.89. The molecule has 0 radical (unpaired) electrons. The third-order valence-corrected chi connectivity index (χ3v) is 7.57. The molecule has 1 aromatic carbocycles. The third kappa shape index (κ3) is 4.10. The molecule has 1 saturated heterocycles. The highest BCUT2D eigenvalue weighted by Gasteiger charge is 2.27. The van der Waals surface area contributed by atoms with Crippen LogP contribution >= 0.6 is 11.3 Å². The molecule has 1 amide bonds. The van der Waals surface area contributed by atoms with E-state index < -0.39 is 15.9 Å². The molecule has 158 valence electrons. The fraction of sp³-hybridized carbons (Fsp3) is 0.263. The van der Waals surface area contributed by atoms with Crippen LogP contribution in [-0.4, -0.2) is 60.2 Å². The van der Waals surface area contributed by atoms with Gasteiger partial charge in [0.1, 0.15) is 5.75 Å². The number of aromatic amines is 1. The largest absolute Gasteiger partial charge is 0.506 e. The number of ether oxygens (including phenoxy) is 1. The number of carbonyl (C=O) groups excluding carboxylic acids is 1. The molecule has 3 N–H and O–H groups in total. The Kier molecular flexibility index (Phi) is 5.60. The van der Waals surface area contributed by atoms with Gasteiger partial charge in [0.15, 0.2) is 5.69 Å². The number of thiophene rings is 1. The SMILES string of the molecule is Cc1ccc(-c2cc(C(=O)Nc3cc(S(=O)(=O)N4CCOCC4)ccc3O)n[nH]2)s1. The smallest absolute Gasteiger partial charge is 0.276 e. The van der Waals surface area contributed by atoms with Crippen LogP contribution in [0.25, 0.3) is 10.6 Å². The fourth-order valence-electron chi connectivity index (χ4n) is 3.04. The van der Waals surface area contributed by atoms with Crippen LogP contribution < -0.4 is 5.32 Å². The lowest BCUT2D eigenvalue weighted by molar-refractivity contribution is 0.0730. The van der Waals surface area contributed by atoms with E-state index in [-0.39, 0.29) is 35.1 Å². The average Bonchev–Trinajstić information content (AvgIpc) is 3.39. The molecule has 4 rings (SSSR count). The van der Waals surface area contributed by atoms with Crippen molar-refractivity contribution in [3.63, 3.8) is 0 Å². The number of hydrogen-bond donors (Lipinski definition) is 3. The first-order chi connectivity index (χ1) is 14.3. The number of hydrogen-bond acceptors (Lipinski definition) is 7. The summed E-state index contributed by atoms with van der Waals surface area (Å²) < 4.78 is 32.2. The third-order valence-electron chi connectivity index (χ3n) is 4.64. The number of amides is 1. The highest BCUT2D eigenvalue weighted by atomic mass is 32.2.